The van der Waals surface area contributed by atoms with Crippen molar-refractivity contribution in [3.05, 3.63) is 161 Å². The molecule has 5 nitrogen and oxygen atoms in total. The highest BCUT2D eigenvalue weighted by Crippen LogP contribution is 2.48. The maximum atomic E-state index is 2.51. The highest BCUT2D eigenvalue weighted by molar-refractivity contribution is 5.87. The first-order chi connectivity index (χ1) is 27.3. The third kappa shape index (κ3) is 7.14. The molecule has 5 heteroatoms. The number of benzene rings is 3. The van der Waals surface area contributed by atoms with Crippen LogP contribution in [-0.4, -0.2) is 9.13 Å². The number of hydrogen-bond donors (Lipinski definition) is 0. The number of rotatable bonds is 11. The van der Waals surface area contributed by atoms with Crippen LogP contribution < -0.4 is 14.0 Å². The van der Waals surface area contributed by atoms with Crippen molar-refractivity contribution in [2.24, 2.45) is 14.1 Å². The molecule has 0 radical (unpaired) electrons. The second-order valence-electron chi connectivity index (χ2n) is 17.0. The molecule has 0 spiro atoms. The number of anilines is 3. The molecule has 7 aromatic rings. The van der Waals surface area contributed by atoms with Gasteiger partial charge < -0.3 is 14.0 Å². The van der Waals surface area contributed by atoms with Gasteiger partial charge in [0.25, 0.3) is 0 Å². The van der Waals surface area contributed by atoms with E-state index in [4.69, 9.17) is 0 Å². The van der Waals surface area contributed by atoms with Gasteiger partial charge >= 0.3 is 0 Å². The minimum Gasteiger partial charge on any atom is -0.308 e. The summed E-state index contributed by atoms with van der Waals surface area (Å²) in [4.78, 5) is 2.51. The Kier molecular flexibility index (Phi) is 11.1. The molecule has 292 valence electrons. The maximum Gasteiger partial charge on any atom is 0.229 e. The molecule has 0 aliphatic heterocycles. The van der Waals surface area contributed by atoms with Gasteiger partial charge in [0.2, 0.25) is 11.4 Å². The molecular formula is C52H61N5+2. The lowest BCUT2D eigenvalue weighted by Crippen LogP contribution is -2.31. The zero-order valence-corrected chi connectivity index (χ0v) is 36.2. The van der Waals surface area contributed by atoms with Crippen molar-refractivity contribution >= 4 is 17.1 Å². The highest BCUT2D eigenvalue weighted by atomic mass is 15.2. The van der Waals surface area contributed by atoms with Gasteiger partial charge in [-0.15, -0.1) is 0 Å². The fourth-order valence-electron chi connectivity index (χ4n) is 8.71. The summed E-state index contributed by atoms with van der Waals surface area (Å²) in [6.07, 6.45) is 9.15. The minimum atomic E-state index is 0.342. The highest BCUT2D eigenvalue weighted by Gasteiger charge is 2.32. The first-order valence-corrected chi connectivity index (χ1v) is 20.8. The van der Waals surface area contributed by atoms with Gasteiger partial charge in [-0.2, -0.15) is 9.13 Å². The molecule has 57 heavy (non-hydrogen) atoms. The molecule has 0 amide bonds. The molecule has 0 aliphatic rings. The molecule has 4 aromatic heterocycles. The Hall–Kier alpha value is -5.68. The summed E-state index contributed by atoms with van der Waals surface area (Å²) in [6.45, 7) is 23.2. The van der Waals surface area contributed by atoms with Crippen molar-refractivity contribution in [3.8, 4) is 34.2 Å². The molecule has 0 bridgehead atoms. The summed E-state index contributed by atoms with van der Waals surface area (Å²) in [5.41, 5.74) is 18.5. The number of hydrogen-bond acceptors (Lipinski definition) is 1. The molecule has 0 saturated carbocycles. The van der Waals surface area contributed by atoms with Crippen LogP contribution in [0.25, 0.3) is 34.2 Å². The standard InChI is InChI=1S/C52H61N5/c1-34(2)41-24-20-25-42(35(3)4)51(41)55-32-47(38(9)49(55)45-28-16-18-30-53(45)11)57(40-22-14-13-15-23-40)48-33-56(50(39(48)10)46-29-17-19-31-54(46)12)52-43(36(5)6)26-21-27-44(52)37(7)8/h13-37H,1-12H3/q+2. The van der Waals surface area contributed by atoms with Crippen LogP contribution in [0.1, 0.15) is 112 Å². The monoisotopic (exact) mass is 755 g/mol. The predicted octanol–water partition coefficient (Wildman–Crippen LogP) is 12.8. The molecule has 0 unspecified atom stereocenters. The fourth-order valence-corrected chi connectivity index (χ4v) is 8.71. The van der Waals surface area contributed by atoms with Crippen LogP contribution in [0, 0.1) is 13.8 Å². The SMILES string of the molecule is Cc1c(N(c2ccccc2)c2cn(-c3c(C(C)C)cccc3C(C)C)c(-c3cccc[n+]3C)c2C)cn(-c2c(C(C)C)cccc2C(C)C)c1-c1cccc[n+]1C. The van der Waals surface area contributed by atoms with E-state index in [9.17, 15) is 0 Å². The predicted molar refractivity (Wildman–Crippen MR) is 239 cm³/mol. The zero-order valence-electron chi connectivity index (χ0n) is 36.2. The van der Waals surface area contributed by atoms with Crippen molar-refractivity contribution < 1.29 is 9.13 Å². The van der Waals surface area contributed by atoms with Gasteiger partial charge in [0.15, 0.2) is 12.4 Å². The van der Waals surface area contributed by atoms with Crippen LogP contribution in [0.3, 0.4) is 0 Å². The molecule has 0 N–H and O–H groups in total. The lowest BCUT2D eigenvalue weighted by Gasteiger charge is -2.25. The number of aryl methyl sites for hydroxylation is 2. The molecule has 0 saturated heterocycles. The molecule has 0 fully saturated rings. The van der Waals surface area contributed by atoms with Crippen LogP contribution >= 0.6 is 0 Å². The van der Waals surface area contributed by atoms with E-state index in [1.807, 2.05) is 0 Å². The molecule has 7 rings (SSSR count). The summed E-state index contributed by atoms with van der Waals surface area (Å²) in [7, 11) is 4.32. The molecule has 3 aromatic carbocycles. The topological polar surface area (TPSA) is 20.9 Å². The van der Waals surface area contributed by atoms with E-state index in [-0.39, 0.29) is 0 Å². The van der Waals surface area contributed by atoms with Crippen molar-refractivity contribution in [3.63, 3.8) is 0 Å². The van der Waals surface area contributed by atoms with Crippen molar-refractivity contribution in [2.45, 2.75) is 92.9 Å². The Morgan fingerprint density at radius 3 is 1.12 bits per heavy atom. The maximum absolute atomic E-state index is 2.51. The Bertz CT molecular complexity index is 2320. The van der Waals surface area contributed by atoms with Crippen LogP contribution in [0.15, 0.2) is 128 Å². The van der Waals surface area contributed by atoms with E-state index < -0.39 is 0 Å². The summed E-state index contributed by atoms with van der Waals surface area (Å²) in [6, 6.07) is 37.8. The number of pyridine rings is 2. The van der Waals surface area contributed by atoms with Crippen LogP contribution in [0.4, 0.5) is 17.1 Å². The molecular weight excluding hydrogens is 695 g/mol. The van der Waals surface area contributed by atoms with Crippen LogP contribution in [0.5, 0.6) is 0 Å². The molecule has 0 aliphatic carbocycles. The Labute approximate surface area is 341 Å². The van der Waals surface area contributed by atoms with Gasteiger partial charge in [0.05, 0.1) is 22.7 Å². The van der Waals surface area contributed by atoms with E-state index in [1.165, 1.54) is 67.5 Å². The number of para-hydroxylation sites is 3. The summed E-state index contributed by atoms with van der Waals surface area (Å²) in [5, 5.41) is 0. The average molecular weight is 756 g/mol. The summed E-state index contributed by atoms with van der Waals surface area (Å²) >= 11 is 0. The van der Waals surface area contributed by atoms with Crippen LogP contribution in [-0.2, 0) is 14.1 Å². The Balaban J connectivity index is 1.63. The van der Waals surface area contributed by atoms with Crippen molar-refractivity contribution in [2.75, 3.05) is 4.90 Å². The minimum absolute atomic E-state index is 0.342. The van der Waals surface area contributed by atoms with E-state index >= 15 is 0 Å². The average Bonchev–Trinajstić information content (AvgIpc) is 3.70. The first kappa shape index (κ1) is 39.6. The zero-order chi connectivity index (χ0) is 40.7. The Morgan fingerprint density at radius 1 is 0.439 bits per heavy atom. The van der Waals surface area contributed by atoms with Gasteiger partial charge in [0.1, 0.15) is 25.5 Å². The lowest BCUT2D eigenvalue weighted by molar-refractivity contribution is -0.660. The van der Waals surface area contributed by atoms with Crippen molar-refractivity contribution in [1.82, 2.24) is 9.13 Å². The normalized spacial score (nSPS) is 11.8. The van der Waals surface area contributed by atoms with Gasteiger partial charge in [-0.3, -0.25) is 0 Å². The van der Waals surface area contributed by atoms with Crippen LogP contribution in [0.2, 0.25) is 0 Å². The summed E-state index contributed by atoms with van der Waals surface area (Å²) < 4.78 is 9.54. The van der Waals surface area contributed by atoms with Gasteiger partial charge in [0, 0.05) is 53.5 Å². The second kappa shape index (κ2) is 16.1. The van der Waals surface area contributed by atoms with Gasteiger partial charge in [-0.25, -0.2) is 0 Å². The largest absolute Gasteiger partial charge is 0.308 e. The smallest absolute Gasteiger partial charge is 0.229 e. The van der Waals surface area contributed by atoms with Gasteiger partial charge in [-0.05, 0) is 84.0 Å². The Morgan fingerprint density at radius 2 is 0.789 bits per heavy atom. The van der Waals surface area contributed by atoms with E-state index in [0.717, 1.165) is 17.1 Å². The fraction of sp³-hybridized carbons (Fsp3) is 0.308. The van der Waals surface area contributed by atoms with Gasteiger partial charge in [-0.1, -0.05) is 110 Å². The van der Waals surface area contributed by atoms with E-state index in [1.54, 1.807) is 0 Å². The number of nitrogens with zero attached hydrogens (tertiary/aromatic N) is 5. The quantitative estimate of drug-likeness (QED) is 0.120. The second-order valence-corrected chi connectivity index (χ2v) is 17.0. The molecule has 4 heterocycles. The number of aromatic nitrogens is 4. The van der Waals surface area contributed by atoms with E-state index in [2.05, 4.69) is 234 Å². The van der Waals surface area contributed by atoms with E-state index in [0.29, 0.717) is 23.7 Å². The molecule has 0 atom stereocenters. The third-order valence-electron chi connectivity index (χ3n) is 11.7. The van der Waals surface area contributed by atoms with Crippen molar-refractivity contribution in [1.29, 1.82) is 0 Å². The summed E-state index contributed by atoms with van der Waals surface area (Å²) in [5.74, 6) is 1.37. The lowest BCUT2D eigenvalue weighted by atomic mass is 9.92. The third-order valence-corrected chi connectivity index (χ3v) is 11.7. The first-order valence-electron chi connectivity index (χ1n) is 20.8.